The number of hydrogen-bond donors (Lipinski definition) is 1. The number of nitrogens with zero attached hydrogens (tertiary/aromatic N) is 2. The lowest BCUT2D eigenvalue weighted by atomic mass is 10.1. The minimum Gasteiger partial charge on any atom is -0.307 e. The monoisotopic (exact) mass is 301 g/mol. The zero-order valence-electron chi connectivity index (χ0n) is 13.9. The maximum absolute atomic E-state index is 12.5. The van der Waals surface area contributed by atoms with Crippen molar-refractivity contribution in [2.45, 2.75) is 52.0 Å². The summed E-state index contributed by atoms with van der Waals surface area (Å²) in [5, 5.41) is 4.24. The molecule has 1 aromatic carbocycles. The first-order valence-electron chi connectivity index (χ1n) is 8.38. The summed E-state index contributed by atoms with van der Waals surface area (Å²) in [4.78, 5) is 17.2. The highest BCUT2D eigenvalue weighted by Gasteiger charge is 2.16. The minimum atomic E-state index is 0.0341. The molecule has 0 spiro atoms. The van der Waals surface area contributed by atoms with Crippen LogP contribution in [0.2, 0.25) is 0 Å². The third-order valence-corrected chi connectivity index (χ3v) is 4.16. The zero-order valence-corrected chi connectivity index (χ0v) is 13.9. The summed E-state index contributed by atoms with van der Waals surface area (Å²) in [6.45, 7) is 5.32. The molecule has 1 atom stereocenters. The van der Waals surface area contributed by atoms with E-state index >= 15 is 0 Å². The second-order valence-electron chi connectivity index (χ2n) is 5.83. The van der Waals surface area contributed by atoms with Gasteiger partial charge in [-0.05, 0) is 31.5 Å². The molecule has 2 aromatic rings. The highest BCUT2D eigenvalue weighted by atomic mass is 16.1. The zero-order chi connectivity index (χ0) is 15.9. The Morgan fingerprint density at radius 1 is 1.18 bits per heavy atom. The van der Waals surface area contributed by atoms with Crippen LogP contribution >= 0.6 is 0 Å². The Labute approximate surface area is 132 Å². The normalized spacial score (nSPS) is 12.7. The Bertz CT molecular complexity index is 663. The Morgan fingerprint density at radius 2 is 1.95 bits per heavy atom. The van der Waals surface area contributed by atoms with Crippen molar-refractivity contribution in [1.82, 2.24) is 14.9 Å². The lowest BCUT2D eigenvalue weighted by molar-refractivity contribution is 0.462. The molecule has 1 heterocycles. The van der Waals surface area contributed by atoms with Gasteiger partial charge in [0.1, 0.15) is 5.82 Å². The Hall–Kier alpha value is -1.68. The topological polar surface area (TPSA) is 46.9 Å². The number of para-hydroxylation sites is 1. The lowest BCUT2D eigenvalue weighted by Gasteiger charge is -2.19. The molecule has 22 heavy (non-hydrogen) atoms. The number of hydrogen-bond acceptors (Lipinski definition) is 3. The molecule has 1 unspecified atom stereocenters. The van der Waals surface area contributed by atoms with Crippen molar-refractivity contribution >= 4 is 10.9 Å². The van der Waals surface area contributed by atoms with Gasteiger partial charge in [0, 0.05) is 7.05 Å². The average Bonchev–Trinajstić information content (AvgIpc) is 2.55. The molecule has 0 saturated heterocycles. The van der Waals surface area contributed by atoms with E-state index in [4.69, 9.17) is 4.98 Å². The molecule has 4 heteroatoms. The van der Waals surface area contributed by atoms with Gasteiger partial charge in [-0.15, -0.1) is 0 Å². The summed E-state index contributed by atoms with van der Waals surface area (Å²) in [7, 11) is 1.82. The molecule has 0 saturated carbocycles. The maximum atomic E-state index is 12.5. The smallest absolute Gasteiger partial charge is 0.261 e. The number of benzene rings is 1. The largest absolute Gasteiger partial charge is 0.307 e. The number of fused-ring (bicyclic) bond motifs is 1. The van der Waals surface area contributed by atoms with E-state index in [-0.39, 0.29) is 11.6 Å². The second kappa shape index (κ2) is 8.08. The van der Waals surface area contributed by atoms with Gasteiger partial charge >= 0.3 is 0 Å². The molecule has 0 bridgehead atoms. The molecule has 120 valence electrons. The van der Waals surface area contributed by atoms with Crippen LogP contribution < -0.4 is 10.9 Å². The van der Waals surface area contributed by atoms with Crippen LogP contribution in [-0.2, 0) is 7.05 Å². The molecule has 0 fully saturated rings. The number of aromatic nitrogens is 2. The van der Waals surface area contributed by atoms with Crippen LogP contribution in [0.5, 0.6) is 0 Å². The van der Waals surface area contributed by atoms with Gasteiger partial charge in [-0.3, -0.25) is 9.36 Å². The van der Waals surface area contributed by atoms with Crippen LogP contribution in [0, 0.1) is 0 Å². The average molecular weight is 301 g/mol. The quantitative estimate of drug-likeness (QED) is 0.758. The second-order valence-corrected chi connectivity index (χ2v) is 5.83. The Kier molecular flexibility index (Phi) is 6.13. The Balaban J connectivity index is 2.20. The minimum absolute atomic E-state index is 0.0341. The first kappa shape index (κ1) is 16.7. The molecular weight excluding hydrogens is 274 g/mol. The van der Waals surface area contributed by atoms with Crippen LogP contribution in [0.4, 0.5) is 0 Å². The SMILES string of the molecule is CCCCCCNC(CC)c1nc2ccccc2c(=O)n1C. The van der Waals surface area contributed by atoms with Crippen molar-refractivity contribution in [3.63, 3.8) is 0 Å². The molecular formula is C18H27N3O. The van der Waals surface area contributed by atoms with Crippen molar-refractivity contribution in [2.75, 3.05) is 6.54 Å². The molecule has 0 aliphatic heterocycles. The molecule has 0 amide bonds. The summed E-state index contributed by atoms with van der Waals surface area (Å²) in [5.74, 6) is 0.835. The summed E-state index contributed by atoms with van der Waals surface area (Å²) in [5.41, 5.74) is 0.818. The van der Waals surface area contributed by atoms with Crippen molar-refractivity contribution < 1.29 is 0 Å². The molecule has 1 N–H and O–H groups in total. The van der Waals surface area contributed by atoms with E-state index in [9.17, 15) is 4.79 Å². The van der Waals surface area contributed by atoms with Crippen LogP contribution in [-0.4, -0.2) is 16.1 Å². The van der Waals surface area contributed by atoms with Crippen molar-refractivity contribution in [3.05, 3.63) is 40.4 Å². The van der Waals surface area contributed by atoms with Crippen LogP contribution in [0.15, 0.2) is 29.1 Å². The third kappa shape index (κ3) is 3.74. The van der Waals surface area contributed by atoms with E-state index in [0.29, 0.717) is 5.39 Å². The highest BCUT2D eigenvalue weighted by Crippen LogP contribution is 2.16. The lowest BCUT2D eigenvalue weighted by Crippen LogP contribution is -2.31. The van der Waals surface area contributed by atoms with Gasteiger partial charge in [-0.1, -0.05) is 45.2 Å². The first-order valence-corrected chi connectivity index (χ1v) is 8.38. The maximum Gasteiger partial charge on any atom is 0.261 e. The fourth-order valence-corrected chi connectivity index (χ4v) is 2.79. The molecule has 2 rings (SSSR count). The van der Waals surface area contributed by atoms with Crippen molar-refractivity contribution in [2.24, 2.45) is 7.05 Å². The van der Waals surface area contributed by atoms with Crippen LogP contribution in [0.25, 0.3) is 10.9 Å². The number of unbranched alkanes of at least 4 members (excludes halogenated alkanes) is 3. The Morgan fingerprint density at radius 3 is 2.68 bits per heavy atom. The van der Waals surface area contributed by atoms with Crippen LogP contribution in [0.3, 0.4) is 0 Å². The molecule has 1 aromatic heterocycles. The van der Waals surface area contributed by atoms with Gasteiger partial charge in [0.05, 0.1) is 16.9 Å². The summed E-state index contributed by atoms with van der Waals surface area (Å²) >= 11 is 0. The molecule has 0 radical (unpaired) electrons. The number of nitrogens with one attached hydrogen (secondary N) is 1. The predicted octanol–water partition coefficient (Wildman–Crippen LogP) is 3.55. The fourth-order valence-electron chi connectivity index (χ4n) is 2.79. The molecule has 0 aliphatic carbocycles. The van der Waals surface area contributed by atoms with Gasteiger partial charge in [0.15, 0.2) is 0 Å². The summed E-state index contributed by atoms with van der Waals surface area (Å²) in [6, 6.07) is 7.69. The fraction of sp³-hybridized carbons (Fsp3) is 0.556. The van der Waals surface area contributed by atoms with Crippen molar-refractivity contribution in [1.29, 1.82) is 0 Å². The molecule has 0 aliphatic rings. The highest BCUT2D eigenvalue weighted by molar-refractivity contribution is 5.77. The van der Waals surface area contributed by atoms with E-state index < -0.39 is 0 Å². The van der Waals surface area contributed by atoms with Gasteiger partial charge in [-0.2, -0.15) is 0 Å². The predicted molar refractivity (Wildman–Crippen MR) is 92.2 cm³/mol. The van der Waals surface area contributed by atoms with E-state index in [1.54, 1.807) is 4.57 Å². The van der Waals surface area contributed by atoms with E-state index in [1.807, 2.05) is 31.3 Å². The van der Waals surface area contributed by atoms with E-state index in [2.05, 4.69) is 19.2 Å². The van der Waals surface area contributed by atoms with Gasteiger partial charge in [-0.25, -0.2) is 4.98 Å². The van der Waals surface area contributed by atoms with Crippen LogP contribution in [0.1, 0.15) is 57.8 Å². The van der Waals surface area contributed by atoms with E-state index in [0.717, 1.165) is 24.3 Å². The van der Waals surface area contributed by atoms with Gasteiger partial charge in [0.25, 0.3) is 5.56 Å². The molecule has 4 nitrogen and oxygen atoms in total. The van der Waals surface area contributed by atoms with Gasteiger partial charge in [0.2, 0.25) is 0 Å². The summed E-state index contributed by atoms with van der Waals surface area (Å²) in [6.07, 6.45) is 5.88. The standard InChI is InChI=1S/C18H27N3O/c1-4-6-7-10-13-19-15(5-2)17-20-16-12-9-8-11-14(16)18(22)21(17)3/h8-9,11-12,15,19H,4-7,10,13H2,1-3H3. The summed E-state index contributed by atoms with van der Waals surface area (Å²) < 4.78 is 1.69. The van der Waals surface area contributed by atoms with E-state index in [1.165, 1.54) is 25.7 Å². The number of rotatable bonds is 8. The third-order valence-electron chi connectivity index (χ3n) is 4.16. The van der Waals surface area contributed by atoms with Gasteiger partial charge < -0.3 is 5.32 Å². The van der Waals surface area contributed by atoms with Crippen molar-refractivity contribution in [3.8, 4) is 0 Å². The first-order chi connectivity index (χ1) is 10.7.